The summed E-state index contributed by atoms with van der Waals surface area (Å²) in [5, 5.41) is 4.27. The fraction of sp³-hybridized carbons (Fsp3) is 0. The number of anilines is 1. The van der Waals surface area contributed by atoms with Gasteiger partial charge in [0, 0.05) is 21.7 Å². The molecule has 0 aliphatic carbocycles. The van der Waals surface area contributed by atoms with Gasteiger partial charge in [0.15, 0.2) is 5.82 Å². The van der Waals surface area contributed by atoms with Crippen LogP contribution in [0.5, 0.6) is 0 Å². The van der Waals surface area contributed by atoms with Crippen molar-refractivity contribution in [2.45, 2.75) is 4.90 Å². The highest BCUT2D eigenvalue weighted by Gasteiger charge is 2.18. The van der Waals surface area contributed by atoms with Crippen LogP contribution in [0.2, 0.25) is 5.02 Å². The second-order valence-electron chi connectivity index (χ2n) is 6.33. The molecule has 7 nitrogen and oxygen atoms in total. The maximum Gasteiger partial charge on any atom is 0.340 e. The van der Waals surface area contributed by atoms with Crippen molar-refractivity contribution in [1.29, 1.82) is 0 Å². The lowest BCUT2D eigenvalue weighted by Gasteiger charge is -2.10. The van der Waals surface area contributed by atoms with Crippen molar-refractivity contribution in [3.8, 4) is 11.1 Å². The second-order valence-corrected chi connectivity index (χ2v) is 8.44. The molecule has 1 radical (unpaired) electrons. The molecule has 3 aromatic carbocycles. The summed E-state index contributed by atoms with van der Waals surface area (Å²) in [6, 6.07) is 14.1. The highest BCUT2D eigenvalue weighted by atomic mass is 35.5. The molecule has 0 saturated heterocycles. The van der Waals surface area contributed by atoms with Crippen LogP contribution in [-0.4, -0.2) is 24.2 Å². The number of nitrogens with zero attached hydrogens (tertiary/aromatic N) is 2. The smallest absolute Gasteiger partial charge is 0.340 e. The van der Waals surface area contributed by atoms with Gasteiger partial charge in [-0.3, -0.25) is 4.72 Å². The second kappa shape index (κ2) is 7.43. The normalized spacial score (nSPS) is 11.5. The van der Waals surface area contributed by atoms with Crippen molar-refractivity contribution >= 4 is 44.2 Å². The average Bonchev–Trinajstić information content (AvgIpc) is 3.14. The zero-order valence-corrected chi connectivity index (χ0v) is 16.7. The molecule has 1 aromatic heterocycles. The van der Waals surface area contributed by atoms with Crippen molar-refractivity contribution in [3.05, 3.63) is 77.7 Å². The van der Waals surface area contributed by atoms with E-state index in [-0.39, 0.29) is 21.7 Å². The summed E-state index contributed by atoms with van der Waals surface area (Å²) in [5.41, 5.74) is 6.10. The van der Waals surface area contributed by atoms with Crippen molar-refractivity contribution in [3.63, 3.8) is 0 Å². The molecule has 3 N–H and O–H groups in total. The first-order chi connectivity index (χ1) is 14.3. The van der Waals surface area contributed by atoms with Crippen LogP contribution in [0, 0.1) is 12.0 Å². The van der Waals surface area contributed by atoms with Gasteiger partial charge in [-0.05, 0) is 42.0 Å². The zero-order valence-electron chi connectivity index (χ0n) is 15.1. The quantitative estimate of drug-likeness (QED) is 0.496. The van der Waals surface area contributed by atoms with Crippen molar-refractivity contribution in [2.75, 3.05) is 4.72 Å². The van der Waals surface area contributed by atoms with Crippen molar-refractivity contribution in [2.24, 2.45) is 5.73 Å². The molecule has 0 bridgehead atoms. The lowest BCUT2D eigenvalue weighted by molar-refractivity contribution is 0.248. The minimum atomic E-state index is -3.83. The van der Waals surface area contributed by atoms with Crippen molar-refractivity contribution < 1.29 is 17.6 Å². The Balaban J connectivity index is 1.67. The Morgan fingerprint density at radius 2 is 1.87 bits per heavy atom. The molecule has 0 aliphatic rings. The molecule has 0 spiro atoms. The summed E-state index contributed by atoms with van der Waals surface area (Å²) in [6.07, 6.45) is 2.53. The van der Waals surface area contributed by atoms with Crippen molar-refractivity contribution in [1.82, 2.24) is 9.78 Å². The summed E-state index contributed by atoms with van der Waals surface area (Å²) in [5.74, 6) is -0.688. The molecule has 30 heavy (non-hydrogen) atoms. The maximum absolute atomic E-state index is 15.0. The molecule has 0 atom stereocenters. The lowest BCUT2D eigenvalue weighted by Crippen LogP contribution is -2.21. The molecular weight excluding hydrogens is 431 g/mol. The molecule has 0 unspecified atom stereocenters. The van der Waals surface area contributed by atoms with E-state index < -0.39 is 21.9 Å². The van der Waals surface area contributed by atoms with Crippen LogP contribution >= 0.6 is 11.6 Å². The van der Waals surface area contributed by atoms with E-state index in [0.717, 1.165) is 4.68 Å². The molecular formula is C20H13ClFN4O3S. The van der Waals surface area contributed by atoms with Gasteiger partial charge in [-0.1, -0.05) is 35.9 Å². The minimum absolute atomic E-state index is 0.0199. The highest BCUT2D eigenvalue weighted by molar-refractivity contribution is 7.92. The third-order valence-electron chi connectivity index (χ3n) is 4.36. The van der Waals surface area contributed by atoms with E-state index in [2.05, 4.69) is 16.0 Å². The lowest BCUT2D eigenvalue weighted by atomic mass is 10.0. The number of sulfonamides is 1. The maximum atomic E-state index is 15.0. The number of nitrogens with one attached hydrogen (secondary N) is 1. The summed E-state index contributed by atoms with van der Waals surface area (Å²) in [6.45, 7) is 0. The van der Waals surface area contributed by atoms with Crippen LogP contribution in [0.3, 0.4) is 0 Å². The predicted molar refractivity (Wildman–Crippen MR) is 111 cm³/mol. The fourth-order valence-electron chi connectivity index (χ4n) is 2.96. The van der Waals surface area contributed by atoms with Crippen LogP contribution < -0.4 is 10.5 Å². The zero-order chi connectivity index (χ0) is 21.5. The van der Waals surface area contributed by atoms with Gasteiger partial charge in [0.1, 0.15) is 11.7 Å². The van der Waals surface area contributed by atoms with E-state index in [1.54, 1.807) is 24.3 Å². The Morgan fingerprint density at radius 1 is 1.13 bits per heavy atom. The predicted octanol–water partition coefficient (Wildman–Crippen LogP) is 4.02. The molecule has 1 amide bonds. The molecule has 4 rings (SSSR count). The first-order valence-corrected chi connectivity index (χ1v) is 10.4. The molecule has 1 heterocycles. The largest absolute Gasteiger partial charge is 0.350 e. The molecule has 0 fully saturated rings. The Bertz CT molecular complexity index is 1390. The van der Waals surface area contributed by atoms with Crippen LogP contribution in [0.1, 0.15) is 0 Å². The summed E-state index contributed by atoms with van der Waals surface area (Å²) in [4.78, 5) is 11.5. The third kappa shape index (κ3) is 3.60. The van der Waals surface area contributed by atoms with Gasteiger partial charge >= 0.3 is 6.03 Å². The number of carbonyl (C=O) groups excluding carboxylic acids is 1. The Kier molecular flexibility index (Phi) is 4.92. The number of primary amides is 1. The number of rotatable bonds is 4. The van der Waals surface area contributed by atoms with Gasteiger partial charge in [-0.15, -0.1) is 0 Å². The number of halogens is 2. The monoisotopic (exact) mass is 443 g/mol. The molecule has 0 aliphatic heterocycles. The van der Waals surface area contributed by atoms with Gasteiger partial charge in [-0.2, -0.15) is 9.78 Å². The number of amides is 1. The van der Waals surface area contributed by atoms with Crippen LogP contribution in [0.25, 0.3) is 22.0 Å². The summed E-state index contributed by atoms with van der Waals surface area (Å²) < 4.78 is 43.2. The van der Waals surface area contributed by atoms with Crippen LogP contribution in [0.15, 0.2) is 65.6 Å². The number of hydrogen-bond donors (Lipinski definition) is 2. The number of benzene rings is 3. The Hall–Kier alpha value is -3.43. The fourth-order valence-corrected chi connectivity index (χ4v) is 4.32. The summed E-state index contributed by atoms with van der Waals surface area (Å²) >= 11 is 5.86. The van der Waals surface area contributed by atoms with Gasteiger partial charge < -0.3 is 5.73 Å². The number of carbonyl (C=O) groups is 1. The van der Waals surface area contributed by atoms with E-state index in [1.165, 1.54) is 36.4 Å². The molecule has 0 saturated carbocycles. The number of fused-ring (bicyclic) bond motifs is 1. The molecule has 151 valence electrons. The van der Waals surface area contributed by atoms with E-state index >= 15 is 4.39 Å². The van der Waals surface area contributed by atoms with E-state index in [9.17, 15) is 13.2 Å². The number of nitrogens with two attached hydrogens (primary N) is 1. The Labute approximate surface area is 175 Å². The number of hydrogen-bond acceptors (Lipinski definition) is 4. The van der Waals surface area contributed by atoms with Crippen LogP contribution in [-0.2, 0) is 10.0 Å². The van der Waals surface area contributed by atoms with E-state index in [4.69, 9.17) is 17.3 Å². The van der Waals surface area contributed by atoms with Gasteiger partial charge in [0.25, 0.3) is 10.0 Å². The van der Waals surface area contributed by atoms with Gasteiger partial charge in [-0.25, -0.2) is 17.6 Å². The van der Waals surface area contributed by atoms with E-state index in [0.29, 0.717) is 16.0 Å². The first-order valence-electron chi connectivity index (χ1n) is 8.54. The summed E-state index contributed by atoms with van der Waals surface area (Å²) in [7, 11) is -3.83. The average molecular weight is 444 g/mol. The highest BCUT2D eigenvalue weighted by Crippen LogP contribution is 2.30. The minimum Gasteiger partial charge on any atom is -0.350 e. The van der Waals surface area contributed by atoms with Gasteiger partial charge in [0.2, 0.25) is 0 Å². The SMILES string of the molecule is NC(=O)n1n[c]c2ccc(-c3ccc(NS(=O)(=O)c4cccc(Cl)c4)cc3)c(F)c21. The standard InChI is InChI=1S/C20H13ClFN4O3S/c21-14-2-1-3-16(10-14)30(28,29)25-15-7-4-12(5-8-15)17-9-6-13-11-24-26(20(23)27)19(13)18(17)22/h1-10,25H,(H2,23,27). The Morgan fingerprint density at radius 3 is 2.53 bits per heavy atom. The molecule has 4 aromatic rings. The van der Waals surface area contributed by atoms with Gasteiger partial charge in [0.05, 0.1) is 4.90 Å². The van der Waals surface area contributed by atoms with Crippen LogP contribution in [0.4, 0.5) is 14.9 Å². The van der Waals surface area contributed by atoms with E-state index in [1.807, 2.05) is 0 Å². The molecule has 10 heteroatoms. The number of aromatic nitrogens is 2. The third-order valence-corrected chi connectivity index (χ3v) is 5.98. The first kappa shape index (κ1) is 19.9. The topological polar surface area (TPSA) is 107 Å².